The molecule has 2 saturated heterocycles. The number of nitro benzene ring substituents is 1. The number of hydrogen-bond donors (Lipinski definition) is 0. The van der Waals surface area contributed by atoms with Crippen molar-refractivity contribution in [3.05, 3.63) is 76.3 Å². The van der Waals surface area contributed by atoms with E-state index >= 15 is 0 Å². The molecule has 208 valence electrons. The Morgan fingerprint density at radius 3 is 2.33 bits per heavy atom. The summed E-state index contributed by atoms with van der Waals surface area (Å²) in [6.07, 6.45) is -1.22. The van der Waals surface area contributed by atoms with Gasteiger partial charge in [0.15, 0.2) is 17.6 Å². The fourth-order valence-electron chi connectivity index (χ4n) is 5.21. The molecule has 2 aliphatic heterocycles. The molecule has 0 spiro atoms. The van der Waals surface area contributed by atoms with Crippen LogP contribution >= 0.6 is 0 Å². The van der Waals surface area contributed by atoms with Crippen molar-refractivity contribution in [2.24, 2.45) is 5.92 Å². The van der Waals surface area contributed by atoms with Crippen LogP contribution in [0.2, 0.25) is 0 Å². The molecule has 2 aliphatic rings. The van der Waals surface area contributed by atoms with Crippen molar-refractivity contribution in [2.45, 2.75) is 19.1 Å². The van der Waals surface area contributed by atoms with Crippen LogP contribution in [0.25, 0.3) is 0 Å². The quantitative estimate of drug-likeness (QED) is 0.219. The summed E-state index contributed by atoms with van der Waals surface area (Å²) in [6.45, 7) is 2.14. The van der Waals surface area contributed by atoms with Crippen molar-refractivity contribution in [3.63, 3.8) is 0 Å². The van der Waals surface area contributed by atoms with Crippen LogP contribution in [0.5, 0.6) is 23.0 Å². The summed E-state index contributed by atoms with van der Waals surface area (Å²) >= 11 is 0. The first-order valence-electron chi connectivity index (χ1n) is 12.4. The van der Waals surface area contributed by atoms with E-state index in [1.807, 2.05) is 0 Å². The summed E-state index contributed by atoms with van der Waals surface area (Å²) in [5.74, 6) is -0.825. The minimum Gasteiger partial charge on any atom is -0.493 e. The highest BCUT2D eigenvalue weighted by Crippen LogP contribution is 2.53. The van der Waals surface area contributed by atoms with Gasteiger partial charge in [-0.25, -0.2) is 9.96 Å². The van der Waals surface area contributed by atoms with Crippen LogP contribution < -0.4 is 28.9 Å². The van der Waals surface area contributed by atoms with Gasteiger partial charge in [-0.05, 0) is 37.3 Å². The number of nitrogens with zero attached hydrogens (tertiary/aromatic N) is 3. The Labute approximate surface area is 229 Å². The standard InChI is InChI=1S/C28H27N3O9/c1-5-39-20-12-7-6-11-19(20)29-27(32)22-23(18-13-14-21(36-2)25(38-4)24(18)37-3)30(40-26(22)28(29)33)16-9-8-10-17(15-16)31(34)35/h6-15,22-23,26H,5H2,1-4H3/t22-,23-,26+/m1/s1. The topological polar surface area (TPSA) is 130 Å². The summed E-state index contributed by atoms with van der Waals surface area (Å²) < 4.78 is 22.4. The van der Waals surface area contributed by atoms with Gasteiger partial charge in [-0.15, -0.1) is 0 Å². The molecule has 5 rings (SSSR count). The molecule has 0 aromatic heterocycles. The van der Waals surface area contributed by atoms with E-state index in [4.69, 9.17) is 23.8 Å². The molecule has 3 atom stereocenters. The average Bonchev–Trinajstić information content (AvgIpc) is 3.48. The Hall–Kier alpha value is -4.84. The Balaban J connectivity index is 1.68. The first-order valence-corrected chi connectivity index (χ1v) is 12.4. The van der Waals surface area contributed by atoms with E-state index in [9.17, 15) is 19.7 Å². The zero-order valence-corrected chi connectivity index (χ0v) is 22.2. The number of hydrogen-bond acceptors (Lipinski definition) is 10. The Morgan fingerprint density at radius 1 is 0.900 bits per heavy atom. The molecule has 2 fully saturated rings. The summed E-state index contributed by atoms with van der Waals surface area (Å²) in [4.78, 5) is 46.1. The maximum absolute atomic E-state index is 14.1. The number of methoxy groups -OCH3 is 3. The van der Waals surface area contributed by atoms with Gasteiger partial charge in [-0.3, -0.25) is 24.5 Å². The number of benzene rings is 3. The van der Waals surface area contributed by atoms with Crippen LogP contribution in [0.3, 0.4) is 0 Å². The number of fused-ring (bicyclic) bond motifs is 1. The first-order chi connectivity index (χ1) is 19.4. The molecule has 3 aromatic rings. The number of anilines is 2. The van der Waals surface area contributed by atoms with E-state index < -0.39 is 34.8 Å². The summed E-state index contributed by atoms with van der Waals surface area (Å²) in [6, 6.07) is 14.9. The van der Waals surface area contributed by atoms with Crippen molar-refractivity contribution < 1.29 is 38.3 Å². The minimum absolute atomic E-state index is 0.180. The highest BCUT2D eigenvalue weighted by molar-refractivity contribution is 6.24. The predicted octanol–water partition coefficient (Wildman–Crippen LogP) is 4.07. The fourth-order valence-corrected chi connectivity index (χ4v) is 5.21. The van der Waals surface area contributed by atoms with Gasteiger partial charge in [0.25, 0.3) is 11.6 Å². The highest BCUT2D eigenvalue weighted by atomic mass is 16.7. The van der Waals surface area contributed by atoms with Gasteiger partial charge in [-0.2, -0.15) is 0 Å². The maximum Gasteiger partial charge on any atom is 0.271 e. The first kappa shape index (κ1) is 26.8. The Morgan fingerprint density at radius 2 is 1.65 bits per heavy atom. The smallest absolute Gasteiger partial charge is 0.271 e. The third-order valence-corrected chi connectivity index (χ3v) is 6.87. The van der Waals surface area contributed by atoms with E-state index in [1.54, 1.807) is 49.4 Å². The molecule has 2 amide bonds. The van der Waals surface area contributed by atoms with Crippen molar-refractivity contribution >= 4 is 28.9 Å². The van der Waals surface area contributed by atoms with Gasteiger partial charge in [-0.1, -0.05) is 18.2 Å². The number of hydroxylamine groups is 1. The number of rotatable bonds is 9. The number of nitro groups is 1. The number of para-hydroxylation sites is 2. The van der Waals surface area contributed by atoms with Crippen LogP contribution in [-0.4, -0.2) is 50.8 Å². The molecular formula is C28H27N3O9. The maximum atomic E-state index is 14.1. The van der Waals surface area contributed by atoms with Gasteiger partial charge in [0.05, 0.1) is 44.2 Å². The largest absolute Gasteiger partial charge is 0.493 e. The lowest BCUT2D eigenvalue weighted by atomic mass is 9.89. The van der Waals surface area contributed by atoms with E-state index in [-0.39, 0.29) is 22.9 Å². The second-order valence-electron chi connectivity index (χ2n) is 8.94. The highest BCUT2D eigenvalue weighted by Gasteiger charge is 2.61. The molecule has 0 unspecified atom stereocenters. The van der Waals surface area contributed by atoms with Crippen molar-refractivity contribution in [2.75, 3.05) is 37.9 Å². The van der Waals surface area contributed by atoms with Crippen molar-refractivity contribution in [1.29, 1.82) is 0 Å². The van der Waals surface area contributed by atoms with Crippen LogP contribution in [0.4, 0.5) is 17.1 Å². The molecule has 3 aromatic carbocycles. The van der Waals surface area contributed by atoms with Gasteiger partial charge in [0.2, 0.25) is 11.7 Å². The summed E-state index contributed by atoms with van der Waals surface area (Å²) in [5.41, 5.74) is 0.867. The van der Waals surface area contributed by atoms with Gasteiger partial charge in [0.1, 0.15) is 17.7 Å². The van der Waals surface area contributed by atoms with Crippen LogP contribution in [0, 0.1) is 16.0 Å². The average molecular weight is 550 g/mol. The van der Waals surface area contributed by atoms with E-state index in [1.165, 1.54) is 44.6 Å². The molecule has 0 aliphatic carbocycles. The molecule has 0 radical (unpaired) electrons. The Kier molecular flexibility index (Phi) is 7.18. The molecule has 40 heavy (non-hydrogen) atoms. The minimum atomic E-state index is -1.22. The molecule has 0 N–H and O–H groups in total. The zero-order valence-electron chi connectivity index (χ0n) is 22.2. The van der Waals surface area contributed by atoms with Crippen molar-refractivity contribution in [3.8, 4) is 23.0 Å². The molecule has 12 nitrogen and oxygen atoms in total. The normalized spacial score (nSPS) is 19.9. The fraction of sp³-hybridized carbons (Fsp3) is 0.286. The number of carbonyl (C=O) groups excluding carboxylic acids is 2. The van der Waals surface area contributed by atoms with Crippen LogP contribution in [-0.2, 0) is 14.4 Å². The molecular weight excluding hydrogens is 522 g/mol. The van der Waals surface area contributed by atoms with Gasteiger partial charge >= 0.3 is 0 Å². The summed E-state index contributed by atoms with van der Waals surface area (Å²) in [5, 5.41) is 12.9. The van der Waals surface area contributed by atoms with Crippen LogP contribution in [0.1, 0.15) is 18.5 Å². The van der Waals surface area contributed by atoms with Crippen LogP contribution in [0.15, 0.2) is 60.7 Å². The third-order valence-electron chi connectivity index (χ3n) is 6.87. The molecule has 0 bridgehead atoms. The number of non-ortho nitro benzene ring substituents is 1. The lowest BCUT2D eigenvalue weighted by Crippen LogP contribution is -2.37. The zero-order chi connectivity index (χ0) is 28.6. The SMILES string of the molecule is CCOc1ccccc1N1C(=O)[C@H]2[C@H](ON(c3cccc([N+](=O)[O-])c3)[C@@H]2c2ccc(OC)c(OC)c2OC)C1=O. The van der Waals surface area contributed by atoms with E-state index in [2.05, 4.69) is 0 Å². The van der Waals surface area contributed by atoms with Gasteiger partial charge < -0.3 is 18.9 Å². The Bertz CT molecular complexity index is 1480. The number of carbonyl (C=O) groups is 2. The van der Waals surface area contributed by atoms with Gasteiger partial charge in [0, 0.05) is 17.7 Å². The monoisotopic (exact) mass is 549 g/mol. The lowest BCUT2D eigenvalue weighted by Gasteiger charge is -2.30. The molecule has 0 saturated carbocycles. The third kappa shape index (κ3) is 4.22. The van der Waals surface area contributed by atoms with Crippen molar-refractivity contribution in [1.82, 2.24) is 0 Å². The summed E-state index contributed by atoms with van der Waals surface area (Å²) in [7, 11) is 4.37. The molecule has 2 heterocycles. The lowest BCUT2D eigenvalue weighted by molar-refractivity contribution is -0.384. The second kappa shape index (κ2) is 10.7. The number of imide groups is 1. The number of ether oxygens (including phenoxy) is 4. The predicted molar refractivity (Wildman–Crippen MR) is 143 cm³/mol. The number of amides is 2. The molecule has 12 heteroatoms. The second-order valence-corrected chi connectivity index (χ2v) is 8.94. The van der Waals surface area contributed by atoms with E-state index in [0.29, 0.717) is 29.4 Å². The van der Waals surface area contributed by atoms with E-state index in [0.717, 1.165) is 4.90 Å².